The van der Waals surface area contributed by atoms with Gasteiger partial charge < -0.3 is 14.8 Å². The molecular weight excluding hydrogens is 360 g/mol. The van der Waals surface area contributed by atoms with Gasteiger partial charge in [0.05, 0.1) is 12.8 Å². The molecule has 1 heterocycles. The number of hydrogen-bond acceptors (Lipinski definition) is 5. The van der Waals surface area contributed by atoms with Gasteiger partial charge in [-0.25, -0.2) is 4.98 Å². The van der Waals surface area contributed by atoms with Crippen molar-refractivity contribution in [3.63, 3.8) is 0 Å². The van der Waals surface area contributed by atoms with Crippen molar-refractivity contribution in [1.82, 2.24) is 10.3 Å². The van der Waals surface area contributed by atoms with Crippen molar-refractivity contribution in [2.24, 2.45) is 0 Å². The number of benzene rings is 2. The molecule has 140 valence electrons. The Morgan fingerprint density at radius 2 is 1.81 bits per heavy atom. The number of ether oxygens (including phenoxy) is 2. The van der Waals surface area contributed by atoms with Crippen molar-refractivity contribution in [2.75, 3.05) is 13.7 Å². The van der Waals surface area contributed by atoms with E-state index in [4.69, 9.17) is 9.47 Å². The number of nitrogens with zero attached hydrogens (tertiary/aromatic N) is 1. The quantitative estimate of drug-likeness (QED) is 0.641. The van der Waals surface area contributed by atoms with Gasteiger partial charge in [0.25, 0.3) is 5.91 Å². The number of carbonyl (C=O) groups is 1. The molecule has 3 rings (SSSR count). The van der Waals surface area contributed by atoms with E-state index in [9.17, 15) is 4.79 Å². The Labute approximate surface area is 163 Å². The SMILES string of the molecule is COc1ccccc1OC(C)C(=O)NCCc1csc(-c2ccccc2)n1. The smallest absolute Gasteiger partial charge is 0.260 e. The van der Waals surface area contributed by atoms with Crippen molar-refractivity contribution >= 4 is 17.2 Å². The second-order valence-corrected chi connectivity index (χ2v) is 6.82. The molecule has 1 atom stereocenters. The minimum atomic E-state index is -0.614. The van der Waals surface area contributed by atoms with Gasteiger partial charge in [-0.2, -0.15) is 0 Å². The lowest BCUT2D eigenvalue weighted by Gasteiger charge is -2.16. The highest BCUT2D eigenvalue weighted by Gasteiger charge is 2.16. The van der Waals surface area contributed by atoms with E-state index in [-0.39, 0.29) is 5.91 Å². The molecule has 0 aliphatic carbocycles. The summed E-state index contributed by atoms with van der Waals surface area (Å²) in [5, 5.41) is 5.92. The normalized spacial score (nSPS) is 11.6. The summed E-state index contributed by atoms with van der Waals surface area (Å²) < 4.78 is 11.0. The molecule has 2 aromatic carbocycles. The average Bonchev–Trinajstić information content (AvgIpc) is 3.18. The lowest BCUT2D eigenvalue weighted by Crippen LogP contribution is -2.37. The van der Waals surface area contributed by atoms with E-state index in [1.807, 2.05) is 47.8 Å². The maximum Gasteiger partial charge on any atom is 0.260 e. The number of nitrogens with one attached hydrogen (secondary N) is 1. The van der Waals surface area contributed by atoms with Crippen LogP contribution in [0.5, 0.6) is 11.5 Å². The average molecular weight is 382 g/mol. The van der Waals surface area contributed by atoms with Gasteiger partial charge >= 0.3 is 0 Å². The Morgan fingerprint density at radius 1 is 1.11 bits per heavy atom. The molecule has 0 saturated carbocycles. The van der Waals surface area contributed by atoms with E-state index in [1.165, 1.54) is 0 Å². The molecule has 1 amide bonds. The van der Waals surface area contributed by atoms with E-state index in [0.29, 0.717) is 24.5 Å². The van der Waals surface area contributed by atoms with E-state index in [1.54, 1.807) is 37.5 Å². The Hall–Kier alpha value is -2.86. The molecule has 27 heavy (non-hydrogen) atoms. The summed E-state index contributed by atoms with van der Waals surface area (Å²) >= 11 is 1.61. The molecule has 0 radical (unpaired) electrons. The van der Waals surface area contributed by atoms with Gasteiger partial charge in [-0.05, 0) is 19.1 Å². The first kappa shape index (κ1) is 18.9. The zero-order valence-corrected chi connectivity index (χ0v) is 16.2. The summed E-state index contributed by atoms with van der Waals surface area (Å²) in [4.78, 5) is 16.9. The topological polar surface area (TPSA) is 60.5 Å². The predicted molar refractivity (Wildman–Crippen MR) is 107 cm³/mol. The molecule has 6 heteroatoms. The van der Waals surface area contributed by atoms with Gasteiger partial charge in [-0.3, -0.25) is 4.79 Å². The summed E-state index contributed by atoms with van der Waals surface area (Å²) in [5.41, 5.74) is 2.08. The number of amides is 1. The lowest BCUT2D eigenvalue weighted by atomic mass is 10.2. The molecule has 0 fully saturated rings. The van der Waals surface area contributed by atoms with Crippen LogP contribution in [0.1, 0.15) is 12.6 Å². The highest BCUT2D eigenvalue weighted by Crippen LogP contribution is 2.27. The van der Waals surface area contributed by atoms with E-state index < -0.39 is 6.10 Å². The molecule has 0 aliphatic rings. The maximum absolute atomic E-state index is 12.3. The fourth-order valence-corrected chi connectivity index (χ4v) is 3.41. The van der Waals surface area contributed by atoms with Crippen molar-refractivity contribution in [1.29, 1.82) is 0 Å². The highest BCUT2D eigenvalue weighted by molar-refractivity contribution is 7.13. The van der Waals surface area contributed by atoms with Crippen LogP contribution in [0.2, 0.25) is 0 Å². The van der Waals surface area contributed by atoms with Crippen LogP contribution in [0, 0.1) is 0 Å². The number of methoxy groups -OCH3 is 1. The molecule has 1 N–H and O–H groups in total. The molecule has 0 bridgehead atoms. The zero-order chi connectivity index (χ0) is 19.1. The first-order chi connectivity index (χ1) is 13.2. The molecule has 0 aliphatic heterocycles. The van der Waals surface area contributed by atoms with E-state index in [0.717, 1.165) is 16.3 Å². The molecule has 3 aromatic rings. The first-order valence-corrected chi connectivity index (χ1v) is 9.62. The lowest BCUT2D eigenvalue weighted by molar-refractivity contribution is -0.127. The highest BCUT2D eigenvalue weighted by atomic mass is 32.1. The first-order valence-electron chi connectivity index (χ1n) is 8.74. The summed E-state index contributed by atoms with van der Waals surface area (Å²) in [6.07, 6.45) is 0.0628. The maximum atomic E-state index is 12.3. The second-order valence-electron chi connectivity index (χ2n) is 5.96. The Morgan fingerprint density at radius 3 is 2.56 bits per heavy atom. The van der Waals surface area contributed by atoms with Gasteiger partial charge in [0.15, 0.2) is 17.6 Å². The Balaban J connectivity index is 1.49. The third-order valence-electron chi connectivity index (χ3n) is 3.99. The van der Waals surface area contributed by atoms with Crippen LogP contribution < -0.4 is 14.8 Å². The van der Waals surface area contributed by atoms with Gasteiger partial charge in [0.2, 0.25) is 0 Å². The number of carbonyl (C=O) groups excluding carboxylic acids is 1. The molecule has 1 unspecified atom stereocenters. The molecule has 1 aromatic heterocycles. The van der Waals surface area contributed by atoms with Gasteiger partial charge in [-0.15, -0.1) is 11.3 Å². The number of aromatic nitrogens is 1. The van der Waals surface area contributed by atoms with Crippen molar-refractivity contribution in [3.8, 4) is 22.1 Å². The van der Waals surface area contributed by atoms with Gasteiger partial charge in [0, 0.05) is 23.9 Å². The van der Waals surface area contributed by atoms with E-state index >= 15 is 0 Å². The van der Waals surface area contributed by atoms with Crippen molar-refractivity contribution in [3.05, 3.63) is 65.7 Å². The Bertz CT molecular complexity index is 880. The van der Waals surface area contributed by atoms with Gasteiger partial charge in [0.1, 0.15) is 5.01 Å². The molecule has 5 nitrogen and oxygen atoms in total. The number of rotatable bonds is 8. The van der Waals surface area contributed by atoms with Crippen molar-refractivity contribution in [2.45, 2.75) is 19.4 Å². The number of hydrogen-bond donors (Lipinski definition) is 1. The minimum Gasteiger partial charge on any atom is -0.493 e. The second kappa shape index (κ2) is 9.19. The Kier molecular flexibility index (Phi) is 6.44. The van der Waals surface area contributed by atoms with Crippen LogP contribution in [-0.4, -0.2) is 30.6 Å². The van der Waals surface area contributed by atoms with Crippen LogP contribution in [0.25, 0.3) is 10.6 Å². The fourth-order valence-electron chi connectivity index (χ4n) is 2.55. The monoisotopic (exact) mass is 382 g/mol. The van der Waals surface area contributed by atoms with E-state index in [2.05, 4.69) is 10.3 Å². The number of para-hydroxylation sites is 2. The predicted octanol–water partition coefficient (Wildman–Crippen LogP) is 3.94. The van der Waals surface area contributed by atoms with Gasteiger partial charge in [-0.1, -0.05) is 42.5 Å². The third kappa shape index (κ3) is 5.08. The molecular formula is C21H22N2O3S. The molecule has 0 spiro atoms. The van der Waals surface area contributed by atoms with Crippen LogP contribution >= 0.6 is 11.3 Å². The summed E-state index contributed by atoms with van der Waals surface area (Å²) in [6, 6.07) is 17.3. The third-order valence-corrected chi connectivity index (χ3v) is 4.94. The minimum absolute atomic E-state index is 0.167. The van der Waals surface area contributed by atoms with Crippen LogP contribution in [0.3, 0.4) is 0 Å². The number of thiazole rings is 1. The summed E-state index contributed by atoms with van der Waals surface area (Å²) in [5.74, 6) is 0.988. The van der Waals surface area contributed by atoms with Crippen LogP contribution in [0.4, 0.5) is 0 Å². The zero-order valence-electron chi connectivity index (χ0n) is 15.3. The summed E-state index contributed by atoms with van der Waals surface area (Å²) in [7, 11) is 1.57. The van der Waals surface area contributed by atoms with Crippen LogP contribution in [0.15, 0.2) is 60.0 Å². The van der Waals surface area contributed by atoms with Crippen LogP contribution in [-0.2, 0) is 11.2 Å². The largest absolute Gasteiger partial charge is 0.493 e. The summed E-state index contributed by atoms with van der Waals surface area (Å²) in [6.45, 7) is 2.23. The molecule has 0 saturated heterocycles. The standard InChI is InChI=1S/C21H22N2O3S/c1-15(26-19-11-7-6-10-18(19)25-2)20(24)22-13-12-17-14-27-21(23-17)16-8-4-3-5-9-16/h3-11,14-15H,12-13H2,1-2H3,(H,22,24). The fraction of sp³-hybridized carbons (Fsp3) is 0.238. The van der Waals surface area contributed by atoms with Crippen molar-refractivity contribution < 1.29 is 14.3 Å².